The zero-order chi connectivity index (χ0) is 16.2. The maximum atomic E-state index is 12.8. The van der Waals surface area contributed by atoms with Crippen LogP contribution in [-0.4, -0.2) is 36.6 Å². The van der Waals surface area contributed by atoms with Crippen LogP contribution in [0.4, 0.5) is 0 Å². The number of amides is 1. The quantitative estimate of drug-likeness (QED) is 0.870. The first-order valence-corrected chi connectivity index (χ1v) is 7.67. The summed E-state index contributed by atoms with van der Waals surface area (Å²) in [6, 6.07) is 9.29. The SMILES string of the molecule is COc1ccc([C@H]2CCCN2C(=O)c2ccncc2)c(OC)c1. The molecule has 0 N–H and O–H groups in total. The highest BCUT2D eigenvalue weighted by Crippen LogP contribution is 2.39. The second-order valence-electron chi connectivity index (χ2n) is 5.50. The molecule has 0 aliphatic carbocycles. The van der Waals surface area contributed by atoms with Crippen LogP contribution in [0, 0.1) is 0 Å². The van der Waals surface area contributed by atoms with Crippen LogP contribution in [0.25, 0.3) is 0 Å². The monoisotopic (exact) mass is 312 g/mol. The van der Waals surface area contributed by atoms with Crippen molar-refractivity contribution in [2.75, 3.05) is 20.8 Å². The molecule has 23 heavy (non-hydrogen) atoms. The first-order valence-electron chi connectivity index (χ1n) is 7.67. The van der Waals surface area contributed by atoms with Gasteiger partial charge in [-0.2, -0.15) is 0 Å². The smallest absolute Gasteiger partial charge is 0.254 e. The Kier molecular flexibility index (Phi) is 4.46. The molecule has 1 aromatic heterocycles. The van der Waals surface area contributed by atoms with Crippen molar-refractivity contribution in [1.29, 1.82) is 0 Å². The number of carbonyl (C=O) groups is 1. The molecule has 120 valence electrons. The summed E-state index contributed by atoms with van der Waals surface area (Å²) in [4.78, 5) is 18.7. The third kappa shape index (κ3) is 2.99. The molecule has 1 amide bonds. The number of rotatable bonds is 4. The molecule has 5 nitrogen and oxygen atoms in total. The van der Waals surface area contributed by atoms with E-state index in [2.05, 4.69) is 4.98 Å². The van der Waals surface area contributed by atoms with Crippen molar-refractivity contribution >= 4 is 5.91 Å². The Morgan fingerprint density at radius 3 is 2.65 bits per heavy atom. The molecule has 1 fully saturated rings. The molecule has 0 radical (unpaired) electrons. The van der Waals surface area contributed by atoms with Crippen LogP contribution in [0.2, 0.25) is 0 Å². The summed E-state index contributed by atoms with van der Waals surface area (Å²) in [6.07, 6.45) is 5.20. The Balaban J connectivity index is 1.91. The molecule has 0 saturated carbocycles. The maximum Gasteiger partial charge on any atom is 0.254 e. The van der Waals surface area contributed by atoms with E-state index in [-0.39, 0.29) is 11.9 Å². The average molecular weight is 312 g/mol. The number of pyridine rings is 1. The molecule has 1 saturated heterocycles. The highest BCUT2D eigenvalue weighted by atomic mass is 16.5. The second kappa shape index (κ2) is 6.69. The van der Waals surface area contributed by atoms with Gasteiger partial charge in [0.2, 0.25) is 0 Å². The van der Waals surface area contributed by atoms with Gasteiger partial charge in [-0.1, -0.05) is 0 Å². The van der Waals surface area contributed by atoms with Crippen molar-refractivity contribution in [2.45, 2.75) is 18.9 Å². The average Bonchev–Trinajstić information content (AvgIpc) is 3.10. The van der Waals surface area contributed by atoms with E-state index in [0.717, 1.165) is 36.4 Å². The van der Waals surface area contributed by atoms with Crippen molar-refractivity contribution in [3.05, 3.63) is 53.9 Å². The molecule has 1 aromatic carbocycles. The molecule has 1 aliphatic rings. The van der Waals surface area contributed by atoms with Crippen LogP contribution in [0.1, 0.15) is 34.8 Å². The van der Waals surface area contributed by atoms with Crippen molar-refractivity contribution in [2.24, 2.45) is 0 Å². The number of benzene rings is 1. The van der Waals surface area contributed by atoms with Gasteiger partial charge in [-0.05, 0) is 37.1 Å². The predicted molar refractivity (Wildman–Crippen MR) is 86.8 cm³/mol. The minimum Gasteiger partial charge on any atom is -0.497 e. The number of likely N-dealkylation sites (tertiary alicyclic amines) is 1. The maximum absolute atomic E-state index is 12.8. The normalized spacial score (nSPS) is 17.1. The highest BCUT2D eigenvalue weighted by Gasteiger charge is 2.32. The molecule has 3 rings (SSSR count). The van der Waals surface area contributed by atoms with Gasteiger partial charge in [0.05, 0.1) is 20.3 Å². The lowest BCUT2D eigenvalue weighted by atomic mass is 10.0. The molecule has 2 heterocycles. The Bertz CT molecular complexity index is 688. The largest absolute Gasteiger partial charge is 0.497 e. The van der Waals surface area contributed by atoms with Crippen molar-refractivity contribution in [1.82, 2.24) is 9.88 Å². The molecule has 0 unspecified atom stereocenters. The molecule has 2 aromatic rings. The third-order valence-electron chi connectivity index (χ3n) is 4.24. The van der Waals surface area contributed by atoms with E-state index in [9.17, 15) is 4.79 Å². The van der Waals surface area contributed by atoms with Gasteiger partial charge in [-0.3, -0.25) is 9.78 Å². The van der Waals surface area contributed by atoms with E-state index < -0.39 is 0 Å². The fourth-order valence-electron chi connectivity index (χ4n) is 3.09. The lowest BCUT2D eigenvalue weighted by Crippen LogP contribution is -2.30. The van der Waals surface area contributed by atoms with Crippen molar-refractivity contribution < 1.29 is 14.3 Å². The van der Waals surface area contributed by atoms with Gasteiger partial charge in [0.25, 0.3) is 5.91 Å². The van der Waals surface area contributed by atoms with Crippen LogP contribution in [-0.2, 0) is 0 Å². The lowest BCUT2D eigenvalue weighted by Gasteiger charge is -2.26. The van der Waals surface area contributed by atoms with Gasteiger partial charge in [0.1, 0.15) is 11.5 Å². The predicted octanol–water partition coefficient (Wildman–Crippen LogP) is 3.08. The topological polar surface area (TPSA) is 51.7 Å². The van der Waals surface area contributed by atoms with Gasteiger partial charge in [-0.25, -0.2) is 0 Å². The minimum atomic E-state index is 0.0246. The Morgan fingerprint density at radius 1 is 1.17 bits per heavy atom. The van der Waals surface area contributed by atoms with Crippen LogP contribution < -0.4 is 9.47 Å². The van der Waals surface area contributed by atoms with E-state index in [1.54, 1.807) is 38.7 Å². The fourth-order valence-corrected chi connectivity index (χ4v) is 3.09. The van der Waals surface area contributed by atoms with Gasteiger partial charge in [0.15, 0.2) is 0 Å². The number of carbonyl (C=O) groups excluding carboxylic acids is 1. The van der Waals surface area contributed by atoms with Crippen LogP contribution >= 0.6 is 0 Å². The summed E-state index contributed by atoms with van der Waals surface area (Å²) in [6.45, 7) is 0.751. The lowest BCUT2D eigenvalue weighted by molar-refractivity contribution is 0.0734. The van der Waals surface area contributed by atoms with Gasteiger partial charge in [0, 0.05) is 36.1 Å². The number of ether oxygens (including phenoxy) is 2. The van der Waals surface area contributed by atoms with E-state index in [1.807, 2.05) is 23.1 Å². The number of hydrogen-bond acceptors (Lipinski definition) is 4. The van der Waals surface area contributed by atoms with E-state index in [1.165, 1.54) is 0 Å². The molecular weight excluding hydrogens is 292 g/mol. The van der Waals surface area contributed by atoms with Gasteiger partial charge < -0.3 is 14.4 Å². The molecule has 1 aliphatic heterocycles. The Morgan fingerprint density at radius 2 is 1.96 bits per heavy atom. The Labute approximate surface area is 135 Å². The van der Waals surface area contributed by atoms with Gasteiger partial charge in [-0.15, -0.1) is 0 Å². The summed E-state index contributed by atoms with van der Waals surface area (Å²) < 4.78 is 10.8. The second-order valence-corrected chi connectivity index (χ2v) is 5.50. The molecule has 5 heteroatoms. The number of aromatic nitrogens is 1. The van der Waals surface area contributed by atoms with E-state index >= 15 is 0 Å². The van der Waals surface area contributed by atoms with Crippen LogP contribution in [0.3, 0.4) is 0 Å². The van der Waals surface area contributed by atoms with Crippen molar-refractivity contribution in [3.8, 4) is 11.5 Å². The van der Waals surface area contributed by atoms with E-state index in [0.29, 0.717) is 5.56 Å². The molecule has 0 spiro atoms. The Hall–Kier alpha value is -2.56. The fraction of sp³-hybridized carbons (Fsp3) is 0.333. The number of nitrogens with zero attached hydrogens (tertiary/aromatic N) is 2. The first kappa shape index (κ1) is 15.3. The zero-order valence-corrected chi connectivity index (χ0v) is 13.4. The summed E-state index contributed by atoms with van der Waals surface area (Å²) in [5.74, 6) is 1.53. The third-order valence-corrected chi connectivity index (χ3v) is 4.24. The summed E-state index contributed by atoms with van der Waals surface area (Å²) >= 11 is 0. The van der Waals surface area contributed by atoms with Crippen LogP contribution in [0.5, 0.6) is 11.5 Å². The van der Waals surface area contributed by atoms with Gasteiger partial charge >= 0.3 is 0 Å². The first-order chi connectivity index (χ1) is 11.2. The molecule has 0 bridgehead atoms. The standard InChI is InChI=1S/C18H20N2O3/c1-22-14-5-6-15(17(12-14)23-2)16-4-3-11-20(16)18(21)13-7-9-19-10-8-13/h5-10,12,16H,3-4,11H2,1-2H3/t16-/m1/s1. The van der Waals surface area contributed by atoms with Crippen LogP contribution in [0.15, 0.2) is 42.7 Å². The number of hydrogen-bond donors (Lipinski definition) is 0. The highest BCUT2D eigenvalue weighted by molar-refractivity contribution is 5.94. The number of methoxy groups -OCH3 is 2. The summed E-state index contributed by atoms with van der Waals surface area (Å²) in [7, 11) is 3.27. The summed E-state index contributed by atoms with van der Waals surface area (Å²) in [5, 5.41) is 0. The van der Waals surface area contributed by atoms with Crippen molar-refractivity contribution in [3.63, 3.8) is 0 Å². The zero-order valence-electron chi connectivity index (χ0n) is 13.4. The molecular formula is C18H20N2O3. The molecule has 1 atom stereocenters. The minimum absolute atomic E-state index is 0.0246. The summed E-state index contributed by atoms with van der Waals surface area (Å²) in [5.41, 5.74) is 1.69. The van der Waals surface area contributed by atoms with E-state index in [4.69, 9.17) is 9.47 Å².